The Bertz CT molecular complexity index is 448. The van der Waals surface area contributed by atoms with Crippen LogP contribution < -0.4 is 10.6 Å². The third kappa shape index (κ3) is 2.25. The van der Waals surface area contributed by atoms with Gasteiger partial charge in [0.05, 0.1) is 12.8 Å². The second-order valence-corrected chi connectivity index (χ2v) is 4.50. The van der Waals surface area contributed by atoms with E-state index in [2.05, 4.69) is 21.5 Å². The summed E-state index contributed by atoms with van der Waals surface area (Å²) in [6.07, 6.45) is 3.35. The summed E-state index contributed by atoms with van der Waals surface area (Å²) in [5.41, 5.74) is 6.89. The number of ether oxygens (including phenoxy) is 1. The van der Waals surface area contributed by atoms with Gasteiger partial charge in [0.25, 0.3) is 0 Å². The van der Waals surface area contributed by atoms with E-state index >= 15 is 0 Å². The molecule has 1 unspecified atom stereocenters. The van der Waals surface area contributed by atoms with Crippen molar-refractivity contribution < 1.29 is 9.53 Å². The molecule has 5 nitrogen and oxygen atoms in total. The fourth-order valence-corrected chi connectivity index (χ4v) is 2.45. The molecule has 18 heavy (non-hydrogen) atoms. The van der Waals surface area contributed by atoms with Gasteiger partial charge in [-0.2, -0.15) is 0 Å². The van der Waals surface area contributed by atoms with Crippen molar-refractivity contribution in [2.45, 2.75) is 32.2 Å². The quantitative estimate of drug-likeness (QED) is 0.828. The van der Waals surface area contributed by atoms with Crippen LogP contribution in [-0.2, 0) is 4.74 Å². The second-order valence-electron chi connectivity index (χ2n) is 4.50. The Morgan fingerprint density at radius 2 is 2.39 bits per heavy atom. The fraction of sp³-hybridized carbons (Fsp3) is 0.538. The van der Waals surface area contributed by atoms with Crippen molar-refractivity contribution in [3.63, 3.8) is 0 Å². The van der Waals surface area contributed by atoms with E-state index in [0.29, 0.717) is 23.2 Å². The summed E-state index contributed by atoms with van der Waals surface area (Å²) in [6.45, 7) is 3.10. The first kappa shape index (κ1) is 12.7. The number of carbonyl (C=O) groups is 1. The standard InChI is InChI=1S/C13H19N3O2/c1-3-9-5-4-8-16(9)12-10(14)6-7-11(15-12)13(17)18-2/h6-7,9H,3-5,8,14H2,1-2H3. The van der Waals surface area contributed by atoms with Crippen LogP contribution in [0, 0.1) is 0 Å². The molecular formula is C13H19N3O2. The van der Waals surface area contributed by atoms with E-state index in [0.717, 1.165) is 25.8 Å². The molecule has 0 radical (unpaired) electrons. The Kier molecular flexibility index (Phi) is 3.69. The van der Waals surface area contributed by atoms with Crippen molar-refractivity contribution in [2.24, 2.45) is 0 Å². The molecule has 1 aromatic rings. The van der Waals surface area contributed by atoms with Crippen LogP contribution in [0.1, 0.15) is 36.7 Å². The number of nitrogens with zero attached hydrogens (tertiary/aromatic N) is 2. The molecule has 1 saturated heterocycles. The minimum Gasteiger partial charge on any atom is -0.464 e. The van der Waals surface area contributed by atoms with Gasteiger partial charge in [0, 0.05) is 12.6 Å². The minimum atomic E-state index is -0.427. The fourth-order valence-electron chi connectivity index (χ4n) is 2.45. The highest BCUT2D eigenvalue weighted by molar-refractivity contribution is 5.88. The molecular weight excluding hydrogens is 230 g/mol. The molecule has 2 N–H and O–H groups in total. The molecule has 98 valence electrons. The maximum atomic E-state index is 11.5. The van der Waals surface area contributed by atoms with Gasteiger partial charge in [0.15, 0.2) is 11.5 Å². The molecule has 0 amide bonds. The van der Waals surface area contributed by atoms with Gasteiger partial charge in [-0.15, -0.1) is 0 Å². The van der Waals surface area contributed by atoms with Gasteiger partial charge < -0.3 is 15.4 Å². The summed E-state index contributed by atoms with van der Waals surface area (Å²) in [5.74, 6) is 0.283. The molecule has 0 bridgehead atoms. The maximum absolute atomic E-state index is 11.5. The molecule has 0 aliphatic carbocycles. The molecule has 1 fully saturated rings. The van der Waals surface area contributed by atoms with Crippen molar-refractivity contribution in [1.29, 1.82) is 0 Å². The van der Waals surface area contributed by atoms with Crippen LogP contribution in [0.3, 0.4) is 0 Å². The van der Waals surface area contributed by atoms with Crippen LogP contribution in [0.2, 0.25) is 0 Å². The van der Waals surface area contributed by atoms with E-state index in [1.807, 2.05) is 0 Å². The predicted molar refractivity (Wildman–Crippen MR) is 70.6 cm³/mol. The lowest BCUT2D eigenvalue weighted by atomic mass is 10.1. The van der Waals surface area contributed by atoms with Crippen LogP contribution in [0.5, 0.6) is 0 Å². The van der Waals surface area contributed by atoms with Gasteiger partial charge in [-0.3, -0.25) is 0 Å². The Hall–Kier alpha value is -1.78. The topological polar surface area (TPSA) is 68.5 Å². The SMILES string of the molecule is CCC1CCCN1c1nc(C(=O)OC)ccc1N. The number of methoxy groups -OCH3 is 1. The number of anilines is 2. The summed E-state index contributed by atoms with van der Waals surface area (Å²) in [4.78, 5) is 18.0. The lowest BCUT2D eigenvalue weighted by molar-refractivity contribution is 0.0594. The average Bonchev–Trinajstić information content (AvgIpc) is 2.86. The number of aromatic nitrogens is 1. The molecule has 0 aromatic carbocycles. The highest BCUT2D eigenvalue weighted by Crippen LogP contribution is 2.30. The van der Waals surface area contributed by atoms with Crippen molar-refractivity contribution in [3.8, 4) is 0 Å². The molecule has 0 spiro atoms. The molecule has 1 aliphatic heterocycles. The summed E-state index contributed by atoms with van der Waals surface area (Å²) in [5, 5.41) is 0. The predicted octanol–water partition coefficient (Wildman–Crippen LogP) is 1.83. The van der Waals surface area contributed by atoms with Gasteiger partial charge in [-0.25, -0.2) is 9.78 Å². The van der Waals surface area contributed by atoms with E-state index in [-0.39, 0.29) is 0 Å². The summed E-state index contributed by atoms with van der Waals surface area (Å²) >= 11 is 0. The first-order valence-corrected chi connectivity index (χ1v) is 6.28. The number of nitrogens with two attached hydrogens (primary N) is 1. The molecule has 1 aromatic heterocycles. The van der Waals surface area contributed by atoms with Crippen LogP contribution in [0.25, 0.3) is 0 Å². The van der Waals surface area contributed by atoms with Gasteiger partial charge in [0.2, 0.25) is 0 Å². The van der Waals surface area contributed by atoms with Gasteiger partial charge in [-0.1, -0.05) is 6.92 Å². The number of nitrogen functional groups attached to an aromatic ring is 1. The minimum absolute atomic E-state index is 0.309. The zero-order chi connectivity index (χ0) is 13.1. The Morgan fingerprint density at radius 3 is 3.06 bits per heavy atom. The van der Waals surface area contributed by atoms with Crippen molar-refractivity contribution in [2.75, 3.05) is 24.3 Å². The summed E-state index contributed by atoms with van der Waals surface area (Å²) < 4.78 is 4.69. The zero-order valence-corrected chi connectivity index (χ0v) is 10.8. The van der Waals surface area contributed by atoms with E-state index < -0.39 is 5.97 Å². The van der Waals surface area contributed by atoms with E-state index in [9.17, 15) is 4.79 Å². The molecule has 1 atom stereocenters. The molecule has 2 heterocycles. The van der Waals surface area contributed by atoms with Crippen LogP contribution >= 0.6 is 0 Å². The van der Waals surface area contributed by atoms with Crippen LogP contribution in [0.4, 0.5) is 11.5 Å². The monoisotopic (exact) mass is 249 g/mol. The number of pyridine rings is 1. The normalized spacial score (nSPS) is 19.0. The number of hydrogen-bond donors (Lipinski definition) is 1. The molecule has 5 heteroatoms. The molecule has 0 saturated carbocycles. The molecule has 2 rings (SSSR count). The third-order valence-electron chi connectivity index (χ3n) is 3.42. The van der Waals surface area contributed by atoms with Crippen molar-refractivity contribution >= 4 is 17.5 Å². The molecule has 1 aliphatic rings. The maximum Gasteiger partial charge on any atom is 0.356 e. The zero-order valence-electron chi connectivity index (χ0n) is 10.8. The average molecular weight is 249 g/mol. The smallest absolute Gasteiger partial charge is 0.356 e. The number of carbonyl (C=O) groups excluding carboxylic acids is 1. The lowest BCUT2D eigenvalue weighted by Crippen LogP contribution is -2.30. The van der Waals surface area contributed by atoms with E-state index in [4.69, 9.17) is 5.73 Å². The number of rotatable bonds is 3. The van der Waals surface area contributed by atoms with Crippen molar-refractivity contribution in [1.82, 2.24) is 4.98 Å². The van der Waals surface area contributed by atoms with E-state index in [1.165, 1.54) is 7.11 Å². The van der Waals surface area contributed by atoms with Gasteiger partial charge in [-0.05, 0) is 31.4 Å². The largest absolute Gasteiger partial charge is 0.464 e. The third-order valence-corrected chi connectivity index (χ3v) is 3.42. The summed E-state index contributed by atoms with van der Waals surface area (Å²) in [7, 11) is 1.35. The number of hydrogen-bond acceptors (Lipinski definition) is 5. The highest BCUT2D eigenvalue weighted by Gasteiger charge is 2.26. The Morgan fingerprint density at radius 1 is 1.61 bits per heavy atom. The van der Waals surface area contributed by atoms with Gasteiger partial charge >= 0.3 is 5.97 Å². The lowest BCUT2D eigenvalue weighted by Gasteiger charge is -2.26. The highest BCUT2D eigenvalue weighted by atomic mass is 16.5. The van der Waals surface area contributed by atoms with Crippen LogP contribution in [0.15, 0.2) is 12.1 Å². The van der Waals surface area contributed by atoms with Crippen molar-refractivity contribution in [3.05, 3.63) is 17.8 Å². The number of esters is 1. The van der Waals surface area contributed by atoms with E-state index in [1.54, 1.807) is 12.1 Å². The Labute approximate surface area is 107 Å². The second kappa shape index (κ2) is 5.25. The first-order chi connectivity index (χ1) is 8.67. The Balaban J connectivity index is 2.34. The first-order valence-electron chi connectivity index (χ1n) is 6.28. The summed E-state index contributed by atoms with van der Waals surface area (Å²) in [6, 6.07) is 3.79. The van der Waals surface area contributed by atoms with Crippen LogP contribution in [-0.4, -0.2) is 30.6 Å². The van der Waals surface area contributed by atoms with Gasteiger partial charge in [0.1, 0.15) is 0 Å².